The van der Waals surface area contributed by atoms with Gasteiger partial charge in [0.05, 0.1) is 5.69 Å². The Morgan fingerprint density at radius 1 is 1.40 bits per heavy atom. The maximum atomic E-state index is 12.6. The highest BCUT2D eigenvalue weighted by atomic mass is 19.1. The Labute approximate surface area is 83.6 Å². The van der Waals surface area contributed by atoms with E-state index in [-0.39, 0.29) is 0 Å². The highest BCUT2D eigenvalue weighted by Gasteiger charge is 2.06. The van der Waals surface area contributed by atoms with Gasteiger partial charge in [-0.2, -0.15) is 4.39 Å². The number of hydrogen-bond acceptors (Lipinski definition) is 3. The molecule has 0 saturated heterocycles. The monoisotopic (exact) mass is 202 g/mol. The Hall–Kier alpha value is -2.24. The molecule has 5 nitrogen and oxygen atoms in total. The van der Waals surface area contributed by atoms with Gasteiger partial charge < -0.3 is 4.98 Å². The number of aromatic nitrogens is 5. The second kappa shape index (κ2) is 2.88. The Morgan fingerprint density at radius 3 is 3.07 bits per heavy atom. The molecule has 1 radical (unpaired) electrons. The maximum Gasteiger partial charge on any atom is 0.212 e. The summed E-state index contributed by atoms with van der Waals surface area (Å²) in [6, 6.07) is 4.70. The van der Waals surface area contributed by atoms with Crippen LogP contribution in [-0.2, 0) is 0 Å². The average molecular weight is 202 g/mol. The van der Waals surface area contributed by atoms with Crippen LogP contribution in [0.1, 0.15) is 0 Å². The molecule has 6 heteroatoms. The minimum Gasteiger partial charge on any atom is -0.319 e. The summed E-state index contributed by atoms with van der Waals surface area (Å²) in [6.07, 6.45) is 3.99. The van der Waals surface area contributed by atoms with Crippen LogP contribution < -0.4 is 0 Å². The number of fused-ring (bicyclic) bond motifs is 1. The predicted molar refractivity (Wildman–Crippen MR) is 49.4 cm³/mol. The van der Waals surface area contributed by atoms with Crippen LogP contribution in [0.15, 0.2) is 24.4 Å². The number of rotatable bonds is 1. The van der Waals surface area contributed by atoms with E-state index in [0.717, 1.165) is 11.2 Å². The molecule has 0 aliphatic carbocycles. The van der Waals surface area contributed by atoms with Gasteiger partial charge in [-0.05, 0) is 12.1 Å². The smallest absolute Gasteiger partial charge is 0.212 e. The van der Waals surface area contributed by atoms with Crippen molar-refractivity contribution in [3.05, 3.63) is 36.7 Å². The fraction of sp³-hybridized carbons (Fsp3) is 0. The van der Waals surface area contributed by atoms with E-state index < -0.39 is 5.95 Å². The van der Waals surface area contributed by atoms with E-state index in [4.69, 9.17) is 0 Å². The van der Waals surface area contributed by atoms with Gasteiger partial charge in [-0.15, -0.1) is 14.8 Å². The summed E-state index contributed by atoms with van der Waals surface area (Å²) < 4.78 is 14.0. The zero-order valence-electron chi connectivity index (χ0n) is 7.48. The molecule has 15 heavy (non-hydrogen) atoms. The summed E-state index contributed by atoms with van der Waals surface area (Å²) in [6.45, 7) is 0. The van der Waals surface area contributed by atoms with Crippen LogP contribution in [0.5, 0.6) is 0 Å². The number of hydrogen-bond donors (Lipinski definition) is 1. The largest absolute Gasteiger partial charge is 0.319 e. The van der Waals surface area contributed by atoms with Gasteiger partial charge >= 0.3 is 0 Å². The number of pyridine rings is 1. The van der Waals surface area contributed by atoms with E-state index in [1.807, 2.05) is 0 Å². The molecule has 0 unspecified atom stereocenters. The van der Waals surface area contributed by atoms with Crippen molar-refractivity contribution in [2.45, 2.75) is 0 Å². The van der Waals surface area contributed by atoms with E-state index in [0.29, 0.717) is 5.69 Å². The third-order valence-corrected chi connectivity index (χ3v) is 2.04. The lowest BCUT2D eigenvalue weighted by molar-refractivity contribution is 0.584. The highest BCUT2D eigenvalue weighted by molar-refractivity contribution is 5.62. The van der Waals surface area contributed by atoms with Gasteiger partial charge in [0.1, 0.15) is 0 Å². The summed E-state index contributed by atoms with van der Waals surface area (Å²) in [4.78, 5) is 6.35. The minimum absolute atomic E-state index is 0.505. The zero-order chi connectivity index (χ0) is 10.3. The molecule has 3 heterocycles. The molecule has 3 aromatic rings. The summed E-state index contributed by atoms with van der Waals surface area (Å²) in [5, 5.41) is 7.97. The topological polar surface area (TPSA) is 58.9 Å². The van der Waals surface area contributed by atoms with Gasteiger partial charge in [0.2, 0.25) is 5.95 Å². The van der Waals surface area contributed by atoms with Crippen LogP contribution in [0.25, 0.3) is 16.9 Å². The molecule has 0 saturated carbocycles. The molecule has 0 aliphatic heterocycles. The van der Waals surface area contributed by atoms with E-state index >= 15 is 0 Å². The third-order valence-electron chi connectivity index (χ3n) is 2.04. The van der Waals surface area contributed by atoms with Gasteiger partial charge in [0, 0.05) is 17.8 Å². The Morgan fingerprint density at radius 2 is 2.33 bits per heavy atom. The van der Waals surface area contributed by atoms with Gasteiger partial charge in [0.15, 0.2) is 12.0 Å². The summed E-state index contributed by atoms with van der Waals surface area (Å²) in [7, 11) is 0. The van der Waals surface area contributed by atoms with Gasteiger partial charge in [-0.1, -0.05) is 0 Å². The first-order valence-corrected chi connectivity index (χ1v) is 4.27. The standard InChI is InChI=1S/C9H5FN5/c10-8-2-1-6(4-11-8)7-3-9-12-5-13-15(9)14-7/h1-4H,(H,12,13). The lowest BCUT2D eigenvalue weighted by Crippen LogP contribution is -1.87. The minimum atomic E-state index is -0.505. The molecular formula is C9H5FN5. The van der Waals surface area contributed by atoms with Crippen molar-refractivity contribution in [2.24, 2.45) is 0 Å². The third kappa shape index (κ3) is 1.26. The number of halogens is 1. The zero-order valence-corrected chi connectivity index (χ0v) is 7.48. The first-order valence-electron chi connectivity index (χ1n) is 4.27. The summed E-state index contributed by atoms with van der Waals surface area (Å²) >= 11 is 0. The van der Waals surface area contributed by atoms with Crippen molar-refractivity contribution in [3.8, 4) is 11.3 Å². The molecule has 3 aromatic heterocycles. The predicted octanol–water partition coefficient (Wildman–Crippen LogP) is 1.06. The first-order chi connectivity index (χ1) is 7.33. The van der Waals surface area contributed by atoms with Crippen molar-refractivity contribution >= 4 is 5.65 Å². The lowest BCUT2D eigenvalue weighted by Gasteiger charge is -1.93. The molecule has 0 bridgehead atoms. The number of aromatic amines is 1. The summed E-state index contributed by atoms with van der Waals surface area (Å²) in [5.74, 6) is -0.505. The molecule has 0 fully saturated rings. The number of H-pyrrole nitrogens is 1. The van der Waals surface area contributed by atoms with Crippen molar-refractivity contribution in [3.63, 3.8) is 0 Å². The summed E-state index contributed by atoms with van der Waals surface area (Å²) in [5.41, 5.74) is 2.17. The van der Waals surface area contributed by atoms with Crippen molar-refractivity contribution in [2.75, 3.05) is 0 Å². The van der Waals surface area contributed by atoms with E-state index in [1.165, 1.54) is 16.9 Å². The normalized spacial score (nSPS) is 11.0. The molecule has 0 amide bonds. The molecule has 73 valence electrons. The van der Waals surface area contributed by atoms with Crippen molar-refractivity contribution < 1.29 is 4.39 Å². The van der Waals surface area contributed by atoms with Crippen LogP contribution in [0.2, 0.25) is 0 Å². The van der Waals surface area contributed by atoms with Crippen LogP contribution >= 0.6 is 0 Å². The van der Waals surface area contributed by atoms with Gasteiger partial charge in [-0.3, -0.25) is 0 Å². The molecule has 1 N–H and O–H groups in total. The van der Waals surface area contributed by atoms with Gasteiger partial charge in [-0.25, -0.2) is 4.98 Å². The Bertz CT molecular complexity index is 566. The van der Waals surface area contributed by atoms with Crippen LogP contribution in [0.4, 0.5) is 4.39 Å². The number of nitrogens with one attached hydrogen (secondary N) is 1. The number of nitrogens with zero attached hydrogens (tertiary/aromatic N) is 4. The van der Waals surface area contributed by atoms with Crippen molar-refractivity contribution in [1.82, 2.24) is 24.8 Å². The molecule has 0 spiro atoms. The SMILES string of the molecule is Fc1ccc(-c2cc3[nH][c]nn3n2)cn1. The molecule has 0 aromatic carbocycles. The van der Waals surface area contributed by atoms with Gasteiger partial charge in [0.25, 0.3) is 0 Å². The first kappa shape index (κ1) is 8.10. The maximum absolute atomic E-state index is 12.6. The quantitative estimate of drug-likeness (QED) is 0.600. The van der Waals surface area contributed by atoms with E-state index in [9.17, 15) is 4.39 Å². The average Bonchev–Trinajstić information content (AvgIpc) is 2.78. The lowest BCUT2D eigenvalue weighted by atomic mass is 10.2. The molecule has 0 atom stereocenters. The van der Waals surface area contributed by atoms with Crippen LogP contribution in [0.3, 0.4) is 0 Å². The Balaban J connectivity index is 2.13. The molecule has 0 aliphatic rings. The fourth-order valence-electron chi connectivity index (χ4n) is 1.33. The van der Waals surface area contributed by atoms with Crippen LogP contribution in [-0.4, -0.2) is 24.8 Å². The fourth-order valence-corrected chi connectivity index (χ4v) is 1.33. The van der Waals surface area contributed by atoms with E-state index in [1.54, 1.807) is 12.1 Å². The second-order valence-electron chi connectivity index (χ2n) is 3.01. The Kier molecular flexibility index (Phi) is 1.55. The van der Waals surface area contributed by atoms with Crippen molar-refractivity contribution in [1.29, 1.82) is 0 Å². The van der Waals surface area contributed by atoms with Crippen LogP contribution in [0, 0.1) is 12.3 Å². The highest BCUT2D eigenvalue weighted by Crippen LogP contribution is 2.17. The molecule has 3 rings (SSSR count). The molecular weight excluding hydrogens is 197 g/mol. The van der Waals surface area contributed by atoms with E-state index in [2.05, 4.69) is 26.5 Å². The second-order valence-corrected chi connectivity index (χ2v) is 3.01.